The summed E-state index contributed by atoms with van der Waals surface area (Å²) in [6.45, 7) is 3.32. The molecular formula is C10H18N4O3S. The number of nitrogens with two attached hydrogens (primary N) is 1. The summed E-state index contributed by atoms with van der Waals surface area (Å²) in [5, 5.41) is -0.107. The third-order valence-electron chi connectivity index (χ3n) is 2.14. The van der Waals surface area contributed by atoms with Crippen molar-refractivity contribution in [1.29, 1.82) is 0 Å². The van der Waals surface area contributed by atoms with Crippen molar-refractivity contribution in [3.05, 3.63) is 18.3 Å². The van der Waals surface area contributed by atoms with Gasteiger partial charge in [0.1, 0.15) is 0 Å². The molecule has 1 aromatic rings. The van der Waals surface area contributed by atoms with Crippen LogP contribution in [0.3, 0.4) is 0 Å². The molecule has 0 saturated heterocycles. The van der Waals surface area contributed by atoms with Gasteiger partial charge in [0.15, 0.2) is 5.03 Å². The molecule has 0 spiro atoms. The van der Waals surface area contributed by atoms with E-state index in [1.54, 1.807) is 12.1 Å². The second-order valence-electron chi connectivity index (χ2n) is 3.45. The molecule has 1 aromatic heterocycles. The molecule has 8 heteroatoms. The van der Waals surface area contributed by atoms with Gasteiger partial charge >= 0.3 is 0 Å². The number of rotatable bonds is 8. The highest BCUT2D eigenvalue weighted by Gasteiger charge is 2.18. The Morgan fingerprint density at radius 1 is 1.50 bits per heavy atom. The molecule has 0 bridgehead atoms. The number of ether oxygens (including phenoxy) is 1. The Balaban J connectivity index is 2.63. The van der Waals surface area contributed by atoms with Gasteiger partial charge < -0.3 is 10.2 Å². The first-order chi connectivity index (χ1) is 8.61. The molecule has 18 heavy (non-hydrogen) atoms. The normalized spacial score (nSPS) is 11.4. The number of hydrazine groups is 1. The summed E-state index contributed by atoms with van der Waals surface area (Å²) in [5.41, 5.74) is 2.57. The van der Waals surface area contributed by atoms with Crippen molar-refractivity contribution in [2.45, 2.75) is 18.4 Å². The predicted octanol–water partition coefficient (Wildman–Crippen LogP) is 0.0721. The van der Waals surface area contributed by atoms with E-state index in [-0.39, 0.29) is 10.7 Å². The number of nitrogen functional groups attached to an aromatic ring is 1. The fraction of sp³-hybridized carbons (Fsp3) is 0.500. The summed E-state index contributed by atoms with van der Waals surface area (Å²) in [4.78, 5) is 3.81. The van der Waals surface area contributed by atoms with E-state index in [9.17, 15) is 8.42 Å². The van der Waals surface area contributed by atoms with Crippen LogP contribution in [0.1, 0.15) is 13.3 Å². The van der Waals surface area contributed by atoms with Crippen molar-refractivity contribution >= 4 is 15.7 Å². The van der Waals surface area contributed by atoms with Crippen LogP contribution in [0.15, 0.2) is 23.4 Å². The quantitative estimate of drug-likeness (QED) is 0.352. The Bertz CT molecular complexity index is 464. The molecule has 1 heterocycles. The standard InChI is InChI=1S/C10H18N4O3S/c1-2-17-8-4-7-13-18(15,16)10-9(14-11)5-3-6-12-10/h3,5-6,13-14H,2,4,7-8,11H2,1H3. The zero-order chi connectivity index (χ0) is 13.4. The van der Waals surface area contributed by atoms with Gasteiger partial charge in [0.2, 0.25) is 0 Å². The SMILES string of the molecule is CCOCCCNS(=O)(=O)c1ncccc1NN. The van der Waals surface area contributed by atoms with Crippen LogP contribution in [0, 0.1) is 0 Å². The first-order valence-electron chi connectivity index (χ1n) is 5.61. The summed E-state index contributed by atoms with van der Waals surface area (Å²) in [7, 11) is -3.65. The lowest BCUT2D eigenvalue weighted by atomic mass is 10.4. The molecule has 0 saturated carbocycles. The van der Waals surface area contributed by atoms with Crippen LogP contribution in [-0.2, 0) is 14.8 Å². The van der Waals surface area contributed by atoms with Gasteiger partial charge in [-0.2, -0.15) is 0 Å². The summed E-state index contributed by atoms with van der Waals surface area (Å²) in [5.74, 6) is 5.24. The van der Waals surface area contributed by atoms with Crippen LogP contribution in [0.2, 0.25) is 0 Å². The number of pyridine rings is 1. The van der Waals surface area contributed by atoms with Crippen molar-refractivity contribution < 1.29 is 13.2 Å². The molecule has 1 rings (SSSR count). The number of sulfonamides is 1. The first-order valence-corrected chi connectivity index (χ1v) is 7.09. The highest BCUT2D eigenvalue weighted by Crippen LogP contribution is 2.15. The molecule has 0 radical (unpaired) electrons. The van der Waals surface area contributed by atoms with E-state index in [0.717, 1.165) is 0 Å². The molecule has 0 aliphatic carbocycles. The smallest absolute Gasteiger partial charge is 0.260 e. The molecule has 0 atom stereocenters. The lowest BCUT2D eigenvalue weighted by Gasteiger charge is -2.09. The lowest BCUT2D eigenvalue weighted by Crippen LogP contribution is -2.27. The van der Waals surface area contributed by atoms with Gasteiger partial charge in [-0.15, -0.1) is 0 Å². The summed E-state index contributed by atoms with van der Waals surface area (Å²) in [6.07, 6.45) is 2.00. The number of anilines is 1. The van der Waals surface area contributed by atoms with Gasteiger partial charge in [-0.1, -0.05) is 0 Å². The van der Waals surface area contributed by atoms with Gasteiger partial charge in [-0.3, -0.25) is 5.84 Å². The second kappa shape index (κ2) is 7.27. The van der Waals surface area contributed by atoms with Crippen molar-refractivity contribution in [2.24, 2.45) is 5.84 Å². The van der Waals surface area contributed by atoms with Crippen molar-refractivity contribution in [1.82, 2.24) is 9.71 Å². The van der Waals surface area contributed by atoms with E-state index in [1.165, 1.54) is 6.20 Å². The molecule has 102 valence electrons. The number of nitrogens with zero attached hydrogens (tertiary/aromatic N) is 1. The van der Waals surface area contributed by atoms with Crippen LogP contribution in [-0.4, -0.2) is 33.2 Å². The van der Waals surface area contributed by atoms with Crippen LogP contribution in [0.5, 0.6) is 0 Å². The molecule has 0 aliphatic heterocycles. The first kappa shape index (κ1) is 14.8. The van der Waals surface area contributed by atoms with Gasteiger partial charge in [-0.05, 0) is 25.5 Å². The average molecular weight is 274 g/mol. The lowest BCUT2D eigenvalue weighted by molar-refractivity contribution is 0.146. The highest BCUT2D eigenvalue weighted by molar-refractivity contribution is 7.89. The van der Waals surface area contributed by atoms with E-state index in [0.29, 0.717) is 26.2 Å². The van der Waals surface area contributed by atoms with Crippen molar-refractivity contribution in [2.75, 3.05) is 25.2 Å². The molecule has 7 nitrogen and oxygen atoms in total. The Kier molecular flexibility index (Phi) is 5.99. The van der Waals surface area contributed by atoms with Crippen LogP contribution < -0.4 is 16.0 Å². The molecule has 0 unspecified atom stereocenters. The van der Waals surface area contributed by atoms with E-state index in [1.807, 2.05) is 6.92 Å². The average Bonchev–Trinajstić information content (AvgIpc) is 2.38. The van der Waals surface area contributed by atoms with Gasteiger partial charge in [0, 0.05) is 26.0 Å². The van der Waals surface area contributed by atoms with Crippen molar-refractivity contribution in [3.8, 4) is 0 Å². The summed E-state index contributed by atoms with van der Waals surface area (Å²) < 4.78 is 31.4. The third-order valence-corrected chi connectivity index (χ3v) is 3.56. The molecule has 0 fully saturated rings. The van der Waals surface area contributed by atoms with Crippen LogP contribution in [0.25, 0.3) is 0 Å². The fourth-order valence-electron chi connectivity index (χ4n) is 1.31. The number of hydrogen-bond donors (Lipinski definition) is 3. The Hall–Kier alpha value is -1.22. The minimum Gasteiger partial charge on any atom is -0.382 e. The van der Waals surface area contributed by atoms with Crippen LogP contribution >= 0.6 is 0 Å². The topological polar surface area (TPSA) is 106 Å². The maximum atomic E-state index is 11.9. The molecular weight excluding hydrogens is 256 g/mol. The maximum absolute atomic E-state index is 11.9. The minimum absolute atomic E-state index is 0.107. The second-order valence-corrected chi connectivity index (χ2v) is 5.13. The van der Waals surface area contributed by atoms with Gasteiger partial charge in [0.25, 0.3) is 10.0 Å². The Morgan fingerprint density at radius 2 is 2.28 bits per heavy atom. The maximum Gasteiger partial charge on any atom is 0.260 e. The van der Waals surface area contributed by atoms with E-state index in [2.05, 4.69) is 15.1 Å². The zero-order valence-electron chi connectivity index (χ0n) is 10.2. The Morgan fingerprint density at radius 3 is 2.94 bits per heavy atom. The number of hydrogen-bond acceptors (Lipinski definition) is 6. The summed E-state index contributed by atoms with van der Waals surface area (Å²) >= 11 is 0. The summed E-state index contributed by atoms with van der Waals surface area (Å²) in [6, 6.07) is 3.14. The highest BCUT2D eigenvalue weighted by atomic mass is 32.2. The molecule has 0 aliphatic rings. The van der Waals surface area contributed by atoms with E-state index < -0.39 is 10.0 Å². The number of nitrogens with one attached hydrogen (secondary N) is 2. The minimum atomic E-state index is -3.65. The molecule has 0 aromatic carbocycles. The predicted molar refractivity (Wildman–Crippen MR) is 68.3 cm³/mol. The van der Waals surface area contributed by atoms with Gasteiger partial charge in [0.05, 0.1) is 5.69 Å². The molecule has 4 N–H and O–H groups in total. The number of aromatic nitrogens is 1. The molecule has 0 amide bonds. The van der Waals surface area contributed by atoms with E-state index in [4.69, 9.17) is 10.6 Å². The zero-order valence-corrected chi connectivity index (χ0v) is 11.0. The van der Waals surface area contributed by atoms with Gasteiger partial charge in [-0.25, -0.2) is 18.1 Å². The fourth-order valence-corrected chi connectivity index (χ4v) is 2.47. The third kappa shape index (κ3) is 4.22. The monoisotopic (exact) mass is 274 g/mol. The van der Waals surface area contributed by atoms with Crippen LogP contribution in [0.4, 0.5) is 5.69 Å². The largest absolute Gasteiger partial charge is 0.382 e. The van der Waals surface area contributed by atoms with Crippen molar-refractivity contribution in [3.63, 3.8) is 0 Å². The Labute approximate surface area is 107 Å². The van der Waals surface area contributed by atoms with E-state index >= 15 is 0 Å².